The molecule has 0 aromatic heterocycles. The molecule has 0 aromatic rings. The van der Waals surface area contributed by atoms with Crippen molar-refractivity contribution in [3.8, 4) is 0 Å². The van der Waals surface area contributed by atoms with Gasteiger partial charge >= 0.3 is 7.60 Å². The highest BCUT2D eigenvalue weighted by atomic mass is 31.2. The molecule has 0 aromatic carbocycles. The van der Waals surface area contributed by atoms with Gasteiger partial charge < -0.3 is 13.8 Å². The Morgan fingerprint density at radius 1 is 1.00 bits per heavy atom. The molecule has 30 heavy (non-hydrogen) atoms. The monoisotopic (exact) mass is 436 g/mol. The third kappa shape index (κ3) is 3.23. The summed E-state index contributed by atoms with van der Waals surface area (Å²) in [6.45, 7) is 6.89. The third-order valence-electron chi connectivity index (χ3n) is 10.4. The van der Waals surface area contributed by atoms with Crippen LogP contribution in [0.2, 0.25) is 0 Å². The predicted octanol–water partition coefficient (Wildman–Crippen LogP) is 6.50. The molecule has 0 bridgehead atoms. The number of hydrogen-bond donors (Lipinski definition) is 0. The van der Waals surface area contributed by atoms with Crippen LogP contribution in [-0.4, -0.2) is 26.2 Å². The van der Waals surface area contributed by atoms with Crippen molar-refractivity contribution in [2.45, 2.75) is 77.8 Å². The van der Waals surface area contributed by atoms with Crippen molar-refractivity contribution in [1.29, 1.82) is 0 Å². The molecule has 0 radical (unpaired) electrons. The van der Waals surface area contributed by atoms with Crippen molar-refractivity contribution in [3.05, 3.63) is 12.2 Å². The molecule has 0 spiro atoms. The highest BCUT2D eigenvalue weighted by molar-refractivity contribution is 7.54. The molecule has 4 aliphatic rings. The molecule has 9 atom stereocenters. The molecule has 3 saturated carbocycles. The maximum absolute atomic E-state index is 13.1. The van der Waals surface area contributed by atoms with E-state index in [4.69, 9.17) is 9.05 Å². The molecule has 5 heteroatoms. The molecule has 0 amide bonds. The minimum Gasteiger partial charge on any atom is -0.312 e. The van der Waals surface area contributed by atoms with E-state index in [9.17, 15) is 9.36 Å². The summed E-state index contributed by atoms with van der Waals surface area (Å²) in [6.07, 6.45) is 15.9. The van der Waals surface area contributed by atoms with E-state index >= 15 is 0 Å². The molecule has 0 aliphatic heterocycles. The van der Waals surface area contributed by atoms with Crippen LogP contribution in [-0.2, 0) is 18.4 Å². The molecule has 4 unspecified atom stereocenters. The van der Waals surface area contributed by atoms with Crippen LogP contribution in [0.5, 0.6) is 0 Å². The molecule has 4 aliphatic carbocycles. The Morgan fingerprint density at radius 2 is 1.70 bits per heavy atom. The first-order chi connectivity index (χ1) is 14.2. The van der Waals surface area contributed by atoms with Crippen molar-refractivity contribution in [1.82, 2.24) is 0 Å². The first-order valence-electron chi connectivity index (χ1n) is 12.1. The fraction of sp³-hybridized carbons (Fsp3) is 0.880. The van der Waals surface area contributed by atoms with E-state index < -0.39 is 13.3 Å². The van der Waals surface area contributed by atoms with Gasteiger partial charge in [-0.15, -0.1) is 0 Å². The Hall–Kier alpha value is -0.440. The quantitative estimate of drug-likeness (QED) is 0.271. The van der Waals surface area contributed by atoms with Crippen molar-refractivity contribution in [2.24, 2.45) is 46.3 Å². The first-order valence-corrected chi connectivity index (χ1v) is 13.7. The van der Waals surface area contributed by atoms with E-state index in [2.05, 4.69) is 26.0 Å². The Bertz CT molecular complexity index is 727. The molecule has 4 rings (SSSR count). The van der Waals surface area contributed by atoms with Crippen molar-refractivity contribution < 1.29 is 18.4 Å². The maximum Gasteiger partial charge on any atom is 0.333 e. The summed E-state index contributed by atoms with van der Waals surface area (Å²) in [4.78, 5) is 12.3. The van der Waals surface area contributed by atoms with Gasteiger partial charge in [-0.05, 0) is 91.8 Å². The summed E-state index contributed by atoms with van der Waals surface area (Å²) < 4.78 is 23.7. The lowest BCUT2D eigenvalue weighted by molar-refractivity contribution is -0.119. The number of fused-ring (bicyclic) bond motifs is 5. The van der Waals surface area contributed by atoms with Gasteiger partial charge in [-0.1, -0.05) is 32.9 Å². The van der Waals surface area contributed by atoms with E-state index in [0.29, 0.717) is 11.3 Å². The topological polar surface area (TPSA) is 52.6 Å². The summed E-state index contributed by atoms with van der Waals surface area (Å²) in [7, 11) is -0.402. The molecule has 0 N–H and O–H groups in total. The largest absolute Gasteiger partial charge is 0.333 e. The van der Waals surface area contributed by atoms with Crippen LogP contribution >= 0.6 is 7.60 Å². The fourth-order valence-corrected chi connectivity index (χ4v) is 10.2. The van der Waals surface area contributed by atoms with Gasteiger partial charge in [0.05, 0.1) is 5.66 Å². The lowest BCUT2D eigenvalue weighted by Gasteiger charge is -2.60. The van der Waals surface area contributed by atoms with Crippen LogP contribution in [0.3, 0.4) is 0 Å². The summed E-state index contributed by atoms with van der Waals surface area (Å²) in [6, 6.07) is 0. The number of rotatable bonds is 6. The number of carbonyl (C=O) groups is 1. The summed E-state index contributed by atoms with van der Waals surface area (Å²) in [5.74, 6) is 3.03. The van der Waals surface area contributed by atoms with Crippen LogP contribution in [0.25, 0.3) is 0 Å². The van der Waals surface area contributed by atoms with Gasteiger partial charge in [-0.3, -0.25) is 4.57 Å². The smallest absolute Gasteiger partial charge is 0.312 e. The third-order valence-corrected chi connectivity index (χ3v) is 12.8. The minimum absolute atomic E-state index is 0.154. The Morgan fingerprint density at radius 3 is 2.37 bits per heavy atom. The van der Waals surface area contributed by atoms with E-state index in [-0.39, 0.29) is 17.3 Å². The SMILES string of the molecule is COP(=O)(OC)C(C)C(C=O)C1CC[C@H]2[C@@H]3CCC4C=CCC[C@]4(C)[C@@H]3CC[C@]12C. The van der Waals surface area contributed by atoms with Gasteiger partial charge in [0, 0.05) is 20.1 Å². The Balaban J connectivity index is 1.60. The van der Waals surface area contributed by atoms with Gasteiger partial charge in [-0.2, -0.15) is 0 Å². The van der Waals surface area contributed by atoms with Gasteiger partial charge in [0.15, 0.2) is 0 Å². The summed E-state index contributed by atoms with van der Waals surface area (Å²) >= 11 is 0. The molecule has 3 fully saturated rings. The van der Waals surface area contributed by atoms with E-state index in [0.717, 1.165) is 30.5 Å². The lowest BCUT2D eigenvalue weighted by atomic mass is 9.45. The highest BCUT2D eigenvalue weighted by Crippen LogP contribution is 2.69. The van der Waals surface area contributed by atoms with Crippen LogP contribution in [0, 0.1) is 46.3 Å². The van der Waals surface area contributed by atoms with Crippen molar-refractivity contribution in [3.63, 3.8) is 0 Å². The molecular weight excluding hydrogens is 395 g/mol. The average molecular weight is 437 g/mol. The number of allylic oxidation sites excluding steroid dienone is 2. The van der Waals surface area contributed by atoms with Crippen LogP contribution in [0.1, 0.15) is 72.1 Å². The van der Waals surface area contributed by atoms with Crippen molar-refractivity contribution in [2.75, 3.05) is 14.2 Å². The van der Waals surface area contributed by atoms with Crippen LogP contribution in [0.15, 0.2) is 12.2 Å². The summed E-state index contributed by atoms with van der Waals surface area (Å²) in [5.41, 5.74) is 0.206. The zero-order chi connectivity index (χ0) is 21.7. The fourth-order valence-electron chi connectivity index (χ4n) is 8.66. The average Bonchev–Trinajstić information content (AvgIpc) is 3.10. The second-order valence-electron chi connectivity index (χ2n) is 11.1. The van der Waals surface area contributed by atoms with Crippen molar-refractivity contribution >= 4 is 13.9 Å². The van der Waals surface area contributed by atoms with E-state index in [1.807, 2.05) is 6.92 Å². The number of carbonyl (C=O) groups excluding carboxylic acids is 1. The molecular formula is C25H41O4P. The predicted molar refractivity (Wildman–Crippen MR) is 120 cm³/mol. The minimum atomic E-state index is -3.27. The second kappa shape index (κ2) is 8.16. The van der Waals surface area contributed by atoms with Gasteiger partial charge in [-0.25, -0.2) is 0 Å². The standard InChI is InChI=1S/C25H41O4P/c1-17(30(27,28-4)29-5)20(16-26)22-12-11-21-19-10-9-18-8-6-7-14-24(18,2)23(19)13-15-25(21,22)3/h6,8,16-23H,7,9-15H2,1-5H3/t17?,18?,19-,20?,21-,22?,23+,24-,25-/m0/s1. The maximum atomic E-state index is 13.1. The molecule has 4 nitrogen and oxygen atoms in total. The van der Waals surface area contributed by atoms with Gasteiger partial charge in [0.1, 0.15) is 6.29 Å². The zero-order valence-corrected chi connectivity index (χ0v) is 20.4. The van der Waals surface area contributed by atoms with Crippen LogP contribution < -0.4 is 0 Å². The molecule has 170 valence electrons. The van der Waals surface area contributed by atoms with Gasteiger partial charge in [0.2, 0.25) is 0 Å². The zero-order valence-electron chi connectivity index (χ0n) is 19.5. The normalized spacial score (nSPS) is 45.2. The van der Waals surface area contributed by atoms with Gasteiger partial charge in [0.25, 0.3) is 0 Å². The first kappa shape index (κ1) is 22.7. The highest BCUT2D eigenvalue weighted by Gasteiger charge is 2.61. The molecule has 0 saturated heterocycles. The van der Waals surface area contributed by atoms with Crippen LogP contribution in [0.4, 0.5) is 0 Å². The second-order valence-corrected chi connectivity index (χ2v) is 13.7. The Kier molecular flexibility index (Phi) is 6.19. The number of hydrogen-bond acceptors (Lipinski definition) is 4. The molecule has 0 heterocycles. The summed E-state index contributed by atoms with van der Waals surface area (Å²) in [5, 5.41) is 0. The lowest BCUT2D eigenvalue weighted by Crippen LogP contribution is -2.53. The number of aldehydes is 1. The Labute approximate surface area is 183 Å². The van der Waals surface area contributed by atoms with E-state index in [1.54, 1.807) is 0 Å². The van der Waals surface area contributed by atoms with E-state index in [1.165, 1.54) is 59.2 Å².